The minimum Gasteiger partial charge on any atom is -0.450 e. The van der Waals surface area contributed by atoms with E-state index >= 15 is 0 Å². The Bertz CT molecular complexity index is 597. The van der Waals surface area contributed by atoms with Crippen molar-refractivity contribution in [1.29, 1.82) is 0 Å². The molecule has 0 bridgehead atoms. The smallest absolute Gasteiger partial charge is 0.340 e. The van der Waals surface area contributed by atoms with Gasteiger partial charge in [-0.05, 0) is 29.8 Å². The lowest BCUT2D eigenvalue weighted by Gasteiger charge is -2.21. The average Bonchev–Trinajstić information content (AvgIpc) is 3.01. The highest BCUT2D eigenvalue weighted by Crippen LogP contribution is 2.41. The Labute approximate surface area is 133 Å². The van der Waals surface area contributed by atoms with E-state index in [0.29, 0.717) is 5.57 Å². The molecule has 2 aliphatic heterocycles. The van der Waals surface area contributed by atoms with E-state index in [-0.39, 0.29) is 12.1 Å². The molecule has 0 aliphatic carbocycles. The standard InChI is InChI=1S/C16H17NO2S2/c1-17(2)12-5-3-11(4-6-12)14-8-7-13(15(18)19-14)16-20-9-10-21-16/h3-8,14H,9-10H2,1-2H3. The monoisotopic (exact) mass is 319 g/mol. The summed E-state index contributed by atoms with van der Waals surface area (Å²) in [5.41, 5.74) is 2.84. The van der Waals surface area contributed by atoms with Crippen LogP contribution < -0.4 is 4.90 Å². The summed E-state index contributed by atoms with van der Waals surface area (Å²) in [6.07, 6.45) is 3.60. The van der Waals surface area contributed by atoms with Crippen molar-refractivity contribution < 1.29 is 9.53 Å². The number of rotatable bonds is 2. The van der Waals surface area contributed by atoms with Crippen LogP contribution in [0.5, 0.6) is 0 Å². The summed E-state index contributed by atoms with van der Waals surface area (Å²) in [6, 6.07) is 8.09. The molecule has 1 fully saturated rings. The Hall–Kier alpha value is -1.33. The first-order valence-electron chi connectivity index (χ1n) is 6.81. The van der Waals surface area contributed by atoms with E-state index in [9.17, 15) is 4.79 Å². The van der Waals surface area contributed by atoms with Crippen molar-refractivity contribution >= 4 is 35.2 Å². The summed E-state index contributed by atoms with van der Waals surface area (Å²) in [7, 11) is 4.01. The lowest BCUT2D eigenvalue weighted by atomic mass is 10.1. The zero-order valence-electron chi connectivity index (χ0n) is 12.0. The largest absolute Gasteiger partial charge is 0.450 e. The number of hydrogen-bond donors (Lipinski definition) is 0. The van der Waals surface area contributed by atoms with Gasteiger partial charge in [0.25, 0.3) is 0 Å². The first kappa shape index (κ1) is 14.6. The number of hydrogen-bond acceptors (Lipinski definition) is 5. The predicted octanol–water partition coefficient (Wildman–Crippen LogP) is 3.60. The SMILES string of the molecule is CN(C)c1ccc(C2C=CC(=C3SCCS3)C(=O)O2)cc1. The predicted molar refractivity (Wildman–Crippen MR) is 90.7 cm³/mol. The van der Waals surface area contributed by atoms with Crippen LogP contribution in [0.2, 0.25) is 0 Å². The van der Waals surface area contributed by atoms with Crippen molar-refractivity contribution in [1.82, 2.24) is 0 Å². The van der Waals surface area contributed by atoms with Gasteiger partial charge in [-0.15, -0.1) is 23.5 Å². The molecule has 21 heavy (non-hydrogen) atoms. The highest BCUT2D eigenvalue weighted by molar-refractivity contribution is 8.25. The highest BCUT2D eigenvalue weighted by Gasteiger charge is 2.26. The third-order valence-corrected chi connectivity index (χ3v) is 6.15. The maximum atomic E-state index is 12.2. The third-order valence-electron chi connectivity index (χ3n) is 3.40. The Morgan fingerprint density at radius 3 is 2.38 bits per heavy atom. The normalized spacial score (nSPS) is 21.6. The summed E-state index contributed by atoms with van der Waals surface area (Å²) in [6.45, 7) is 0. The number of carbonyl (C=O) groups excluding carboxylic acids is 1. The topological polar surface area (TPSA) is 29.5 Å². The van der Waals surface area contributed by atoms with Crippen LogP contribution in [0, 0.1) is 0 Å². The Kier molecular flexibility index (Phi) is 4.31. The molecule has 1 saturated heterocycles. The van der Waals surface area contributed by atoms with Crippen molar-refractivity contribution in [2.75, 3.05) is 30.5 Å². The molecule has 1 atom stereocenters. The van der Waals surface area contributed by atoms with Crippen LogP contribution in [-0.2, 0) is 9.53 Å². The molecule has 2 aliphatic rings. The number of ether oxygens (including phenoxy) is 1. The summed E-state index contributed by atoms with van der Waals surface area (Å²) < 4.78 is 6.67. The molecule has 3 rings (SSSR count). The minimum absolute atomic E-state index is 0.212. The van der Waals surface area contributed by atoms with Crippen LogP contribution in [-0.4, -0.2) is 31.6 Å². The summed E-state index contributed by atoms with van der Waals surface area (Å²) in [5, 5.41) is 0. The van der Waals surface area contributed by atoms with E-state index in [2.05, 4.69) is 0 Å². The van der Waals surface area contributed by atoms with Crippen LogP contribution in [0.3, 0.4) is 0 Å². The molecule has 1 aromatic carbocycles. The lowest BCUT2D eigenvalue weighted by Crippen LogP contribution is -2.16. The fraction of sp³-hybridized carbons (Fsp3) is 0.312. The summed E-state index contributed by atoms with van der Waals surface area (Å²) >= 11 is 3.48. The van der Waals surface area contributed by atoms with Gasteiger partial charge >= 0.3 is 5.97 Å². The molecule has 5 heteroatoms. The molecule has 2 heterocycles. The summed E-state index contributed by atoms with van der Waals surface area (Å²) in [5.74, 6) is 1.93. The number of benzene rings is 1. The van der Waals surface area contributed by atoms with Gasteiger partial charge in [0.1, 0.15) is 6.10 Å². The van der Waals surface area contributed by atoms with E-state index in [1.165, 1.54) is 0 Å². The zero-order valence-corrected chi connectivity index (χ0v) is 13.7. The molecule has 1 unspecified atom stereocenters. The second-order valence-corrected chi connectivity index (χ2v) is 7.54. The molecule has 0 amide bonds. The van der Waals surface area contributed by atoms with Gasteiger partial charge in [0.05, 0.1) is 9.81 Å². The third kappa shape index (κ3) is 3.14. The molecule has 0 radical (unpaired) electrons. The Morgan fingerprint density at radius 1 is 1.14 bits per heavy atom. The molecule has 110 valence electrons. The quantitative estimate of drug-likeness (QED) is 0.614. The van der Waals surface area contributed by atoms with E-state index in [1.807, 2.05) is 55.4 Å². The minimum atomic E-state index is -0.283. The average molecular weight is 319 g/mol. The van der Waals surface area contributed by atoms with Gasteiger partial charge in [-0.25, -0.2) is 4.79 Å². The Balaban J connectivity index is 1.81. The second-order valence-electron chi connectivity index (χ2n) is 5.07. The molecule has 0 saturated carbocycles. The van der Waals surface area contributed by atoms with Gasteiger partial charge in [-0.3, -0.25) is 0 Å². The van der Waals surface area contributed by atoms with Crippen molar-refractivity contribution in [3.8, 4) is 0 Å². The van der Waals surface area contributed by atoms with Crippen LogP contribution in [0.25, 0.3) is 0 Å². The number of esters is 1. The molecule has 1 aromatic rings. The van der Waals surface area contributed by atoms with E-state index < -0.39 is 0 Å². The first-order valence-corrected chi connectivity index (χ1v) is 8.78. The Morgan fingerprint density at radius 2 is 1.81 bits per heavy atom. The number of nitrogens with zero attached hydrogens (tertiary/aromatic N) is 1. The van der Waals surface area contributed by atoms with Gasteiger partial charge in [0.2, 0.25) is 0 Å². The molecular weight excluding hydrogens is 302 g/mol. The maximum Gasteiger partial charge on any atom is 0.340 e. The van der Waals surface area contributed by atoms with Crippen LogP contribution in [0.4, 0.5) is 5.69 Å². The molecular formula is C16H17NO2S2. The van der Waals surface area contributed by atoms with Crippen molar-refractivity contribution in [3.05, 3.63) is 51.8 Å². The summed E-state index contributed by atoms with van der Waals surface area (Å²) in [4.78, 5) is 14.2. The fourth-order valence-electron chi connectivity index (χ4n) is 2.23. The number of carbonyl (C=O) groups is 1. The zero-order chi connectivity index (χ0) is 14.8. The highest BCUT2D eigenvalue weighted by atomic mass is 32.2. The molecule has 0 spiro atoms. The van der Waals surface area contributed by atoms with E-state index in [4.69, 9.17) is 4.74 Å². The van der Waals surface area contributed by atoms with Crippen LogP contribution >= 0.6 is 23.5 Å². The van der Waals surface area contributed by atoms with Crippen LogP contribution in [0.15, 0.2) is 46.2 Å². The van der Waals surface area contributed by atoms with Gasteiger partial charge in [-0.2, -0.15) is 0 Å². The number of thioether (sulfide) groups is 2. The first-order chi connectivity index (χ1) is 10.1. The van der Waals surface area contributed by atoms with Crippen LogP contribution in [0.1, 0.15) is 11.7 Å². The molecule has 3 nitrogen and oxygen atoms in total. The van der Waals surface area contributed by atoms with Crippen molar-refractivity contribution in [2.45, 2.75) is 6.10 Å². The van der Waals surface area contributed by atoms with Gasteiger partial charge in [0, 0.05) is 31.3 Å². The van der Waals surface area contributed by atoms with E-state index in [1.54, 1.807) is 23.5 Å². The van der Waals surface area contributed by atoms with E-state index in [0.717, 1.165) is 27.0 Å². The van der Waals surface area contributed by atoms with Gasteiger partial charge in [0.15, 0.2) is 0 Å². The maximum absolute atomic E-state index is 12.2. The van der Waals surface area contributed by atoms with Crippen molar-refractivity contribution in [3.63, 3.8) is 0 Å². The fourth-order valence-corrected chi connectivity index (χ4v) is 4.71. The molecule has 0 aromatic heterocycles. The van der Waals surface area contributed by atoms with Crippen molar-refractivity contribution in [2.24, 2.45) is 0 Å². The van der Waals surface area contributed by atoms with Gasteiger partial charge < -0.3 is 9.64 Å². The molecule has 0 N–H and O–H groups in total. The number of anilines is 1. The lowest BCUT2D eigenvalue weighted by molar-refractivity contribution is -0.142. The second kappa shape index (κ2) is 6.20. The van der Waals surface area contributed by atoms with Gasteiger partial charge in [-0.1, -0.05) is 12.1 Å². The number of cyclic esters (lactones) is 1.